The lowest BCUT2D eigenvalue weighted by molar-refractivity contribution is 0.104. The fourth-order valence-electron chi connectivity index (χ4n) is 5.46. The van der Waals surface area contributed by atoms with Crippen molar-refractivity contribution in [1.82, 2.24) is 24.6 Å². The SMILES string of the molecule is COc1cc(Cc2cnc(N)nc2N)cc(C(=O)/C=C/N2CCc3ccccc3C2c2cc(CCO)nn2C)c1OC. The van der Waals surface area contributed by atoms with Gasteiger partial charge >= 0.3 is 0 Å². The summed E-state index contributed by atoms with van der Waals surface area (Å²) in [5, 5.41) is 14.1. The van der Waals surface area contributed by atoms with Crippen LogP contribution in [0, 0.1) is 0 Å². The molecule has 1 aliphatic heterocycles. The smallest absolute Gasteiger partial charge is 0.221 e. The number of nitrogens with zero attached hydrogens (tertiary/aromatic N) is 5. The van der Waals surface area contributed by atoms with Crippen molar-refractivity contribution in [3.8, 4) is 11.5 Å². The summed E-state index contributed by atoms with van der Waals surface area (Å²) in [7, 11) is 4.94. The number of ketones is 1. The number of aryl methyl sites for hydroxylation is 1. The van der Waals surface area contributed by atoms with Crippen molar-refractivity contribution >= 4 is 17.5 Å². The minimum Gasteiger partial charge on any atom is -0.493 e. The van der Waals surface area contributed by atoms with Crippen LogP contribution in [0.15, 0.2) is 60.9 Å². The molecule has 1 atom stereocenters. The van der Waals surface area contributed by atoms with Crippen LogP contribution >= 0.6 is 0 Å². The van der Waals surface area contributed by atoms with Crippen LogP contribution in [-0.2, 0) is 26.3 Å². The van der Waals surface area contributed by atoms with E-state index < -0.39 is 0 Å². The van der Waals surface area contributed by atoms with E-state index in [9.17, 15) is 9.90 Å². The van der Waals surface area contributed by atoms with Gasteiger partial charge < -0.3 is 30.9 Å². The molecule has 0 aliphatic carbocycles. The zero-order valence-electron chi connectivity index (χ0n) is 23.9. The number of nitrogens with two attached hydrogens (primary N) is 2. The van der Waals surface area contributed by atoms with Gasteiger partial charge in [0.1, 0.15) is 5.82 Å². The molecular formula is C31H35N7O4. The number of fused-ring (bicyclic) bond motifs is 1. The van der Waals surface area contributed by atoms with Gasteiger partial charge in [-0.05, 0) is 41.3 Å². The van der Waals surface area contributed by atoms with Crippen LogP contribution in [0.3, 0.4) is 0 Å². The van der Waals surface area contributed by atoms with Crippen LogP contribution in [0.4, 0.5) is 11.8 Å². The minimum absolute atomic E-state index is 0.0259. The number of nitrogen functional groups attached to an aromatic ring is 2. The number of hydrogen-bond donors (Lipinski definition) is 3. The van der Waals surface area contributed by atoms with Crippen molar-refractivity contribution in [2.24, 2.45) is 7.05 Å². The van der Waals surface area contributed by atoms with Gasteiger partial charge in [-0.1, -0.05) is 24.3 Å². The predicted octanol–water partition coefficient (Wildman–Crippen LogP) is 2.86. The summed E-state index contributed by atoms with van der Waals surface area (Å²) in [6, 6.07) is 13.8. The number of aliphatic hydroxyl groups excluding tert-OH is 1. The number of anilines is 2. The number of aromatic nitrogens is 4. The Bertz CT molecular complexity index is 1630. The van der Waals surface area contributed by atoms with E-state index in [-0.39, 0.29) is 30.2 Å². The normalized spacial score (nSPS) is 14.7. The molecule has 11 nitrogen and oxygen atoms in total. The van der Waals surface area contributed by atoms with Crippen LogP contribution in [-0.4, -0.2) is 62.9 Å². The number of methoxy groups -OCH3 is 2. The summed E-state index contributed by atoms with van der Waals surface area (Å²) in [4.78, 5) is 24.0. The molecule has 0 radical (unpaired) electrons. The summed E-state index contributed by atoms with van der Waals surface area (Å²) >= 11 is 0. The molecule has 2 aromatic heterocycles. The van der Waals surface area contributed by atoms with Gasteiger partial charge in [0.2, 0.25) is 5.95 Å². The van der Waals surface area contributed by atoms with Crippen molar-refractivity contribution in [3.63, 3.8) is 0 Å². The van der Waals surface area contributed by atoms with Crippen LogP contribution in [0.1, 0.15) is 50.0 Å². The van der Waals surface area contributed by atoms with Crippen LogP contribution in [0.25, 0.3) is 0 Å². The van der Waals surface area contributed by atoms with Crippen LogP contribution in [0.5, 0.6) is 11.5 Å². The fourth-order valence-corrected chi connectivity index (χ4v) is 5.46. The Morgan fingerprint density at radius 3 is 2.71 bits per heavy atom. The van der Waals surface area contributed by atoms with E-state index in [0.29, 0.717) is 42.0 Å². The van der Waals surface area contributed by atoms with E-state index in [4.69, 9.17) is 20.9 Å². The first-order valence-corrected chi connectivity index (χ1v) is 13.6. The van der Waals surface area contributed by atoms with Crippen molar-refractivity contribution in [3.05, 3.63) is 100 Å². The van der Waals surface area contributed by atoms with Crippen molar-refractivity contribution < 1.29 is 19.4 Å². The molecule has 0 fully saturated rings. The summed E-state index contributed by atoms with van der Waals surface area (Å²) in [5.74, 6) is 0.908. The zero-order valence-corrected chi connectivity index (χ0v) is 23.9. The van der Waals surface area contributed by atoms with Gasteiger partial charge in [0.25, 0.3) is 0 Å². The van der Waals surface area contributed by atoms with E-state index >= 15 is 0 Å². The number of carbonyl (C=O) groups excluding carboxylic acids is 1. The second-order valence-electron chi connectivity index (χ2n) is 10.1. The topological polar surface area (TPSA) is 155 Å². The van der Waals surface area contributed by atoms with Gasteiger partial charge in [-0.15, -0.1) is 0 Å². The maximum absolute atomic E-state index is 13.7. The summed E-state index contributed by atoms with van der Waals surface area (Å²) in [6.07, 6.45) is 6.67. The molecule has 0 saturated heterocycles. The highest BCUT2D eigenvalue weighted by atomic mass is 16.5. The maximum Gasteiger partial charge on any atom is 0.221 e. The molecule has 1 aliphatic rings. The van der Waals surface area contributed by atoms with Gasteiger partial charge in [-0.3, -0.25) is 9.48 Å². The summed E-state index contributed by atoms with van der Waals surface area (Å²) in [5.41, 5.74) is 17.7. The molecule has 0 bridgehead atoms. The van der Waals surface area contributed by atoms with Gasteiger partial charge in [0.05, 0.1) is 37.2 Å². The molecule has 3 heterocycles. The first kappa shape index (κ1) is 28.6. The highest BCUT2D eigenvalue weighted by molar-refractivity contribution is 6.07. The number of allylic oxidation sites excluding steroid dienone is 1. The van der Waals surface area contributed by atoms with Gasteiger partial charge in [-0.2, -0.15) is 10.1 Å². The lowest BCUT2D eigenvalue weighted by atomic mass is 9.90. The first-order valence-electron chi connectivity index (χ1n) is 13.6. The first-order chi connectivity index (χ1) is 20.3. The zero-order chi connectivity index (χ0) is 29.8. The molecule has 5 rings (SSSR count). The summed E-state index contributed by atoms with van der Waals surface area (Å²) in [6.45, 7) is 0.737. The molecule has 0 saturated carbocycles. The van der Waals surface area contributed by atoms with Crippen molar-refractivity contribution in [1.29, 1.82) is 0 Å². The predicted molar refractivity (Wildman–Crippen MR) is 159 cm³/mol. The molecule has 0 spiro atoms. The standard InChI is InChI=1S/C31H35N7O4/c1-37-25(17-22(36-37)10-13-39)28-23-7-5-4-6-20(23)8-11-38(28)12-9-26(40)24-15-19(16-27(41-2)29(24)42-3)14-21-18-34-31(33)35-30(21)32/h4-7,9,12,15-18,28,39H,8,10-11,13-14H2,1-3H3,(H4,32,33,34,35)/b12-9+. The molecular weight excluding hydrogens is 534 g/mol. The molecule has 2 aromatic carbocycles. The Morgan fingerprint density at radius 2 is 1.98 bits per heavy atom. The number of rotatable bonds is 10. The quantitative estimate of drug-likeness (QED) is 0.192. The average molecular weight is 570 g/mol. The van der Waals surface area contributed by atoms with E-state index in [1.807, 2.05) is 36.1 Å². The number of ether oxygens (including phenoxy) is 2. The monoisotopic (exact) mass is 569 g/mol. The van der Waals surface area contributed by atoms with Crippen molar-refractivity contribution in [2.75, 3.05) is 38.8 Å². The number of benzene rings is 2. The van der Waals surface area contributed by atoms with E-state index in [1.165, 1.54) is 19.8 Å². The van der Waals surface area contributed by atoms with E-state index in [2.05, 4.69) is 32.1 Å². The van der Waals surface area contributed by atoms with Crippen molar-refractivity contribution in [2.45, 2.75) is 25.3 Å². The molecule has 0 amide bonds. The Balaban J connectivity index is 1.49. The number of carbonyl (C=O) groups is 1. The van der Waals surface area contributed by atoms with Crippen LogP contribution in [0.2, 0.25) is 0 Å². The van der Waals surface area contributed by atoms with E-state index in [1.54, 1.807) is 24.4 Å². The highest BCUT2D eigenvalue weighted by Gasteiger charge is 2.30. The average Bonchev–Trinajstić information content (AvgIpc) is 3.35. The molecule has 4 aromatic rings. The Hall–Kier alpha value is -4.90. The minimum atomic E-state index is -0.239. The van der Waals surface area contributed by atoms with Gasteiger partial charge in [0, 0.05) is 57.1 Å². The molecule has 218 valence electrons. The second-order valence-corrected chi connectivity index (χ2v) is 10.1. The molecule has 1 unspecified atom stereocenters. The number of aliphatic hydroxyl groups is 1. The number of hydrogen-bond acceptors (Lipinski definition) is 10. The third-order valence-corrected chi connectivity index (χ3v) is 7.47. The van der Waals surface area contributed by atoms with Crippen LogP contribution < -0.4 is 20.9 Å². The Labute approximate surface area is 244 Å². The maximum atomic E-state index is 13.7. The largest absolute Gasteiger partial charge is 0.493 e. The van der Waals surface area contributed by atoms with Gasteiger partial charge in [0.15, 0.2) is 17.3 Å². The molecule has 5 N–H and O–H groups in total. The summed E-state index contributed by atoms with van der Waals surface area (Å²) < 4.78 is 13.0. The van der Waals surface area contributed by atoms with Gasteiger partial charge in [-0.25, -0.2) is 4.98 Å². The van der Waals surface area contributed by atoms with E-state index in [0.717, 1.165) is 28.9 Å². The molecule has 42 heavy (non-hydrogen) atoms. The fraction of sp³-hybridized carbons (Fsp3) is 0.290. The molecule has 11 heteroatoms. The third-order valence-electron chi connectivity index (χ3n) is 7.47. The lowest BCUT2D eigenvalue weighted by Gasteiger charge is -2.36. The highest BCUT2D eigenvalue weighted by Crippen LogP contribution is 2.37. The second kappa shape index (κ2) is 12.3. The lowest BCUT2D eigenvalue weighted by Crippen LogP contribution is -2.33. The third kappa shape index (κ3) is 5.77. The Kier molecular flexibility index (Phi) is 8.39. The Morgan fingerprint density at radius 1 is 1.17 bits per heavy atom.